The molecule has 1 aromatic rings. The second kappa shape index (κ2) is 6.95. The SMILES string of the molecule is CNCc1cnc(CSC2CCCCC2)[nH]c1=O. The molecular weight excluding hydrogens is 246 g/mol. The van der Waals surface area contributed by atoms with Gasteiger partial charge in [0.2, 0.25) is 0 Å². The highest BCUT2D eigenvalue weighted by Gasteiger charge is 2.14. The van der Waals surface area contributed by atoms with Crippen LogP contribution in [-0.2, 0) is 12.3 Å². The van der Waals surface area contributed by atoms with Crippen molar-refractivity contribution in [1.29, 1.82) is 0 Å². The second-order valence-electron chi connectivity index (χ2n) is 4.79. The van der Waals surface area contributed by atoms with Crippen molar-refractivity contribution in [2.45, 2.75) is 49.7 Å². The number of hydrogen-bond donors (Lipinski definition) is 2. The summed E-state index contributed by atoms with van der Waals surface area (Å²) in [6, 6.07) is 0. The molecule has 0 spiro atoms. The Labute approximate surface area is 112 Å². The molecule has 1 aliphatic rings. The first-order chi connectivity index (χ1) is 8.79. The monoisotopic (exact) mass is 267 g/mol. The summed E-state index contributed by atoms with van der Waals surface area (Å²) in [6.45, 7) is 0.568. The van der Waals surface area contributed by atoms with E-state index in [-0.39, 0.29) is 5.56 Å². The Morgan fingerprint density at radius 1 is 1.44 bits per heavy atom. The van der Waals surface area contributed by atoms with Crippen molar-refractivity contribution in [2.24, 2.45) is 0 Å². The minimum Gasteiger partial charge on any atom is -0.315 e. The van der Waals surface area contributed by atoms with Gasteiger partial charge in [0.25, 0.3) is 5.56 Å². The average Bonchev–Trinajstić information content (AvgIpc) is 2.41. The molecule has 1 heterocycles. The molecule has 0 unspecified atom stereocenters. The van der Waals surface area contributed by atoms with Crippen LogP contribution < -0.4 is 10.9 Å². The van der Waals surface area contributed by atoms with Crippen LogP contribution in [-0.4, -0.2) is 22.3 Å². The summed E-state index contributed by atoms with van der Waals surface area (Å²) in [4.78, 5) is 18.9. The zero-order chi connectivity index (χ0) is 12.8. The Morgan fingerprint density at radius 3 is 2.89 bits per heavy atom. The largest absolute Gasteiger partial charge is 0.315 e. The number of hydrogen-bond acceptors (Lipinski definition) is 4. The van der Waals surface area contributed by atoms with Gasteiger partial charge in [-0.1, -0.05) is 19.3 Å². The van der Waals surface area contributed by atoms with E-state index in [0.717, 1.165) is 16.8 Å². The lowest BCUT2D eigenvalue weighted by atomic mass is 10.0. The number of aromatic amines is 1. The van der Waals surface area contributed by atoms with E-state index in [1.54, 1.807) is 6.20 Å². The highest BCUT2D eigenvalue weighted by Crippen LogP contribution is 2.29. The van der Waals surface area contributed by atoms with E-state index in [2.05, 4.69) is 15.3 Å². The fourth-order valence-electron chi connectivity index (χ4n) is 2.28. The zero-order valence-electron chi connectivity index (χ0n) is 10.9. The van der Waals surface area contributed by atoms with Gasteiger partial charge in [-0.05, 0) is 19.9 Å². The lowest BCUT2D eigenvalue weighted by Crippen LogP contribution is -2.20. The van der Waals surface area contributed by atoms with Gasteiger partial charge in [0.15, 0.2) is 0 Å². The average molecular weight is 267 g/mol. The van der Waals surface area contributed by atoms with Crippen molar-refractivity contribution in [3.63, 3.8) is 0 Å². The molecule has 0 amide bonds. The van der Waals surface area contributed by atoms with Gasteiger partial charge in [-0.2, -0.15) is 11.8 Å². The second-order valence-corrected chi connectivity index (χ2v) is 6.07. The summed E-state index contributed by atoms with van der Waals surface area (Å²) < 4.78 is 0. The van der Waals surface area contributed by atoms with E-state index in [1.165, 1.54) is 32.1 Å². The minimum atomic E-state index is -0.0152. The number of nitrogens with one attached hydrogen (secondary N) is 2. The van der Waals surface area contributed by atoms with Crippen LogP contribution in [0.1, 0.15) is 43.5 Å². The van der Waals surface area contributed by atoms with Gasteiger partial charge in [0, 0.05) is 23.6 Å². The zero-order valence-corrected chi connectivity index (χ0v) is 11.7. The quantitative estimate of drug-likeness (QED) is 0.857. The first-order valence-electron chi connectivity index (χ1n) is 6.63. The van der Waals surface area contributed by atoms with E-state index in [1.807, 2.05) is 18.8 Å². The molecule has 100 valence electrons. The predicted molar refractivity (Wildman–Crippen MR) is 75.8 cm³/mol. The van der Waals surface area contributed by atoms with Gasteiger partial charge in [0.1, 0.15) is 5.82 Å². The summed E-state index contributed by atoms with van der Waals surface area (Å²) in [7, 11) is 1.83. The fraction of sp³-hybridized carbons (Fsp3) is 0.692. The van der Waals surface area contributed by atoms with Crippen molar-refractivity contribution in [3.8, 4) is 0 Å². The Morgan fingerprint density at radius 2 is 2.22 bits per heavy atom. The molecule has 0 saturated heterocycles. The van der Waals surface area contributed by atoms with Crippen molar-refractivity contribution < 1.29 is 0 Å². The van der Waals surface area contributed by atoms with E-state index < -0.39 is 0 Å². The minimum absolute atomic E-state index is 0.0152. The summed E-state index contributed by atoms with van der Waals surface area (Å²) in [5.41, 5.74) is 0.683. The molecule has 2 N–H and O–H groups in total. The Bertz CT molecular complexity index is 426. The van der Waals surface area contributed by atoms with Crippen molar-refractivity contribution in [2.75, 3.05) is 7.05 Å². The van der Waals surface area contributed by atoms with E-state index in [0.29, 0.717) is 12.1 Å². The van der Waals surface area contributed by atoms with Gasteiger partial charge in [-0.3, -0.25) is 4.79 Å². The van der Waals surface area contributed by atoms with E-state index >= 15 is 0 Å². The van der Waals surface area contributed by atoms with Crippen molar-refractivity contribution in [1.82, 2.24) is 15.3 Å². The normalized spacial score (nSPS) is 16.9. The standard InChI is InChI=1S/C13H21N3OS/c1-14-7-10-8-15-12(16-13(10)17)9-18-11-5-3-2-4-6-11/h8,11,14H,2-7,9H2,1H3,(H,15,16,17). The Balaban J connectivity index is 1.89. The third-order valence-corrected chi connectivity index (χ3v) is 4.68. The van der Waals surface area contributed by atoms with Crippen LogP contribution in [0, 0.1) is 0 Å². The molecule has 1 saturated carbocycles. The van der Waals surface area contributed by atoms with Gasteiger partial charge < -0.3 is 10.3 Å². The maximum Gasteiger partial charge on any atom is 0.255 e. The van der Waals surface area contributed by atoms with Crippen LogP contribution in [0.2, 0.25) is 0 Å². The number of rotatable bonds is 5. The molecule has 1 aromatic heterocycles. The van der Waals surface area contributed by atoms with E-state index in [9.17, 15) is 4.79 Å². The Kier molecular flexibility index (Phi) is 5.26. The highest BCUT2D eigenvalue weighted by atomic mass is 32.2. The van der Waals surface area contributed by atoms with Crippen LogP contribution in [0.4, 0.5) is 0 Å². The van der Waals surface area contributed by atoms with Gasteiger partial charge in [-0.15, -0.1) is 0 Å². The molecule has 0 radical (unpaired) electrons. The third-order valence-electron chi connectivity index (χ3n) is 3.30. The van der Waals surface area contributed by atoms with Crippen molar-refractivity contribution >= 4 is 11.8 Å². The summed E-state index contributed by atoms with van der Waals surface area (Å²) >= 11 is 1.93. The lowest BCUT2D eigenvalue weighted by molar-refractivity contribution is 0.516. The molecule has 0 aromatic carbocycles. The number of aromatic nitrogens is 2. The molecule has 1 aliphatic carbocycles. The summed E-state index contributed by atoms with van der Waals surface area (Å²) in [5.74, 6) is 1.62. The van der Waals surface area contributed by atoms with Gasteiger partial charge in [0.05, 0.1) is 5.75 Å². The fourth-order valence-corrected chi connectivity index (χ4v) is 3.48. The molecule has 0 bridgehead atoms. The number of H-pyrrole nitrogens is 1. The maximum absolute atomic E-state index is 11.7. The summed E-state index contributed by atoms with van der Waals surface area (Å²) in [5, 5.41) is 3.71. The smallest absolute Gasteiger partial charge is 0.255 e. The summed E-state index contributed by atoms with van der Waals surface area (Å²) in [6.07, 6.45) is 8.39. The van der Waals surface area contributed by atoms with Gasteiger partial charge >= 0.3 is 0 Å². The molecule has 4 nitrogen and oxygen atoms in total. The van der Waals surface area contributed by atoms with E-state index in [4.69, 9.17) is 0 Å². The third kappa shape index (κ3) is 3.85. The topological polar surface area (TPSA) is 57.8 Å². The van der Waals surface area contributed by atoms with Crippen LogP contribution in [0.25, 0.3) is 0 Å². The van der Waals surface area contributed by atoms with Crippen LogP contribution in [0.15, 0.2) is 11.0 Å². The van der Waals surface area contributed by atoms with Crippen LogP contribution in [0.5, 0.6) is 0 Å². The predicted octanol–water partition coefficient (Wildman–Crippen LogP) is 2.06. The molecule has 0 atom stereocenters. The number of thioether (sulfide) groups is 1. The highest BCUT2D eigenvalue weighted by molar-refractivity contribution is 7.99. The molecular formula is C13H21N3OS. The molecule has 1 fully saturated rings. The molecule has 2 rings (SSSR count). The Hall–Kier alpha value is -0.810. The maximum atomic E-state index is 11.7. The molecule has 18 heavy (non-hydrogen) atoms. The number of nitrogens with zero attached hydrogens (tertiary/aromatic N) is 1. The van der Waals surface area contributed by atoms with Crippen LogP contribution >= 0.6 is 11.8 Å². The molecule has 5 heteroatoms. The van der Waals surface area contributed by atoms with Crippen LogP contribution in [0.3, 0.4) is 0 Å². The first kappa shape index (κ1) is 13.6. The first-order valence-corrected chi connectivity index (χ1v) is 7.67. The van der Waals surface area contributed by atoms with Gasteiger partial charge in [-0.25, -0.2) is 4.98 Å². The molecule has 0 aliphatic heterocycles. The lowest BCUT2D eigenvalue weighted by Gasteiger charge is -2.20. The van der Waals surface area contributed by atoms with Crippen molar-refractivity contribution in [3.05, 3.63) is 27.9 Å².